The molecule has 3 rings (SSSR count). The molecule has 0 saturated heterocycles. The van der Waals surface area contributed by atoms with Gasteiger partial charge in [-0.2, -0.15) is 18.3 Å². The molecule has 0 fully saturated rings. The van der Waals surface area contributed by atoms with E-state index in [0.717, 1.165) is 10.9 Å². The maximum absolute atomic E-state index is 12.5. The molecule has 3 aromatic heterocycles. The van der Waals surface area contributed by atoms with Crippen molar-refractivity contribution in [1.82, 2.24) is 35.0 Å². The van der Waals surface area contributed by atoms with E-state index in [4.69, 9.17) is 16.3 Å². The molecule has 0 aliphatic carbocycles. The van der Waals surface area contributed by atoms with Crippen molar-refractivity contribution in [2.45, 2.75) is 6.18 Å². The number of ether oxygens (including phenoxy) is 1. The number of esters is 1. The lowest BCUT2D eigenvalue weighted by atomic mass is 10.3. The molecule has 0 amide bonds. The van der Waals surface area contributed by atoms with Crippen LogP contribution in [-0.4, -0.2) is 48.1 Å². The third kappa shape index (κ3) is 3.95. The summed E-state index contributed by atoms with van der Waals surface area (Å²) in [6, 6.07) is 4.50. The number of alkyl halides is 3. The fraction of sp³-hybridized carbons (Fsp3) is 0.143. The molecule has 0 aliphatic rings. The first-order valence-corrected chi connectivity index (χ1v) is 7.51. The van der Waals surface area contributed by atoms with Crippen LogP contribution in [0.2, 0.25) is 5.02 Å². The molecular formula is C14H9ClF3N7O2. The third-order valence-electron chi connectivity index (χ3n) is 3.12. The smallest absolute Gasteiger partial charge is 0.455 e. The normalized spacial score (nSPS) is 11.9. The Hall–Kier alpha value is -3.28. The van der Waals surface area contributed by atoms with Crippen molar-refractivity contribution in [3.63, 3.8) is 0 Å². The summed E-state index contributed by atoms with van der Waals surface area (Å²) in [7, 11) is 1.19. The van der Waals surface area contributed by atoms with E-state index in [1.54, 1.807) is 12.1 Å². The molecule has 27 heavy (non-hydrogen) atoms. The van der Waals surface area contributed by atoms with Crippen LogP contribution in [0.25, 0.3) is 18.1 Å². The zero-order valence-electron chi connectivity index (χ0n) is 13.4. The van der Waals surface area contributed by atoms with Gasteiger partial charge in [-0.25, -0.2) is 14.5 Å². The van der Waals surface area contributed by atoms with E-state index in [0.29, 0.717) is 4.80 Å². The Morgan fingerprint density at radius 2 is 2.11 bits per heavy atom. The van der Waals surface area contributed by atoms with E-state index >= 15 is 0 Å². The number of hydrogen-bond donors (Lipinski definition) is 0. The lowest BCUT2D eigenvalue weighted by molar-refractivity contribution is -0.145. The Labute approximate surface area is 154 Å². The minimum atomic E-state index is -4.71. The van der Waals surface area contributed by atoms with E-state index in [-0.39, 0.29) is 22.2 Å². The molecule has 140 valence electrons. The highest BCUT2D eigenvalue weighted by Gasteiger charge is 2.36. The summed E-state index contributed by atoms with van der Waals surface area (Å²) in [4.78, 5) is 16.7. The zero-order valence-corrected chi connectivity index (χ0v) is 14.2. The monoisotopic (exact) mass is 399 g/mol. The van der Waals surface area contributed by atoms with Gasteiger partial charge in [-0.05, 0) is 29.5 Å². The first-order valence-electron chi connectivity index (χ1n) is 7.14. The minimum Gasteiger partial charge on any atom is -0.464 e. The topological polar surface area (TPSA) is 101 Å². The first-order chi connectivity index (χ1) is 12.8. The Kier molecular flexibility index (Phi) is 4.90. The van der Waals surface area contributed by atoms with Crippen LogP contribution in [-0.2, 0) is 10.9 Å². The maximum atomic E-state index is 12.5. The minimum absolute atomic E-state index is 0.0141. The highest BCUT2D eigenvalue weighted by atomic mass is 35.5. The molecule has 0 aliphatic heterocycles. The van der Waals surface area contributed by atoms with E-state index < -0.39 is 18.0 Å². The van der Waals surface area contributed by atoms with Gasteiger partial charge in [0.2, 0.25) is 0 Å². The predicted octanol–water partition coefficient (Wildman–Crippen LogP) is 2.34. The Morgan fingerprint density at radius 1 is 1.33 bits per heavy atom. The highest BCUT2D eigenvalue weighted by Crippen LogP contribution is 2.25. The molecule has 0 unspecified atom stereocenters. The second kappa shape index (κ2) is 7.15. The second-order valence-electron chi connectivity index (χ2n) is 4.91. The summed E-state index contributed by atoms with van der Waals surface area (Å²) in [6.07, 6.45) is -0.878. The van der Waals surface area contributed by atoms with Crippen LogP contribution in [0, 0.1) is 0 Å². The van der Waals surface area contributed by atoms with Gasteiger partial charge in [0.25, 0.3) is 5.82 Å². The van der Waals surface area contributed by atoms with Gasteiger partial charge in [0.05, 0.1) is 24.0 Å². The molecule has 0 spiro atoms. The van der Waals surface area contributed by atoms with Crippen molar-refractivity contribution >= 4 is 29.8 Å². The summed E-state index contributed by atoms with van der Waals surface area (Å²) in [6.45, 7) is 0. The molecule has 0 saturated carbocycles. The molecule has 0 radical (unpaired) electrons. The molecule has 3 aromatic rings. The summed E-state index contributed by atoms with van der Waals surface area (Å²) in [5.74, 6) is -1.91. The number of carbonyl (C=O) groups is 1. The third-order valence-corrected chi connectivity index (χ3v) is 3.42. The molecular weight excluding hydrogens is 391 g/mol. The highest BCUT2D eigenvalue weighted by molar-refractivity contribution is 6.32. The van der Waals surface area contributed by atoms with Crippen molar-refractivity contribution < 1.29 is 22.7 Å². The van der Waals surface area contributed by atoms with Crippen molar-refractivity contribution in [3.8, 4) is 5.82 Å². The fourth-order valence-corrected chi connectivity index (χ4v) is 2.17. The summed E-state index contributed by atoms with van der Waals surface area (Å²) in [5.41, 5.74) is 0.211. The van der Waals surface area contributed by atoms with Gasteiger partial charge < -0.3 is 4.74 Å². The Balaban J connectivity index is 1.96. The number of carbonyl (C=O) groups excluding carboxylic acids is 1. The average molecular weight is 400 g/mol. The fourth-order valence-electron chi connectivity index (χ4n) is 1.97. The maximum Gasteiger partial charge on any atom is 0.455 e. The van der Waals surface area contributed by atoms with Crippen LogP contribution < -0.4 is 0 Å². The standard InChI is InChI=1S/C14H9ClF3N7O2/c1-27-12(26)10-7-8(21-25(10)11-9(15)3-2-5-19-11)4-6-24-22-13(20-23-24)14(16,17)18/h2-7H,1H3. The zero-order chi connectivity index (χ0) is 19.6. The van der Waals surface area contributed by atoms with Crippen molar-refractivity contribution in [2.75, 3.05) is 7.11 Å². The molecule has 0 N–H and O–H groups in total. The van der Waals surface area contributed by atoms with Crippen LogP contribution in [0.15, 0.2) is 24.4 Å². The molecule has 0 atom stereocenters. The van der Waals surface area contributed by atoms with E-state index in [9.17, 15) is 18.0 Å². The van der Waals surface area contributed by atoms with E-state index in [1.165, 1.54) is 25.4 Å². The second-order valence-corrected chi connectivity index (χ2v) is 5.32. The number of aromatic nitrogens is 7. The lowest BCUT2D eigenvalue weighted by Crippen LogP contribution is -2.11. The van der Waals surface area contributed by atoms with Crippen molar-refractivity contribution in [2.24, 2.45) is 0 Å². The molecule has 13 heteroatoms. The Bertz CT molecular complexity index is 1010. The lowest BCUT2D eigenvalue weighted by Gasteiger charge is -2.05. The van der Waals surface area contributed by atoms with Gasteiger partial charge in [0, 0.05) is 6.20 Å². The first kappa shape index (κ1) is 18.5. The van der Waals surface area contributed by atoms with Gasteiger partial charge in [-0.15, -0.1) is 15.0 Å². The van der Waals surface area contributed by atoms with E-state index in [2.05, 4.69) is 25.5 Å². The van der Waals surface area contributed by atoms with Crippen LogP contribution in [0.3, 0.4) is 0 Å². The summed E-state index contributed by atoms with van der Waals surface area (Å²) < 4.78 is 43.3. The number of rotatable bonds is 4. The average Bonchev–Trinajstić information content (AvgIpc) is 3.26. The quantitative estimate of drug-likeness (QED) is 0.620. The largest absolute Gasteiger partial charge is 0.464 e. The van der Waals surface area contributed by atoms with Crippen LogP contribution in [0.1, 0.15) is 22.0 Å². The van der Waals surface area contributed by atoms with E-state index in [1.807, 2.05) is 0 Å². The van der Waals surface area contributed by atoms with Crippen molar-refractivity contribution in [3.05, 3.63) is 46.6 Å². The number of halogens is 4. The van der Waals surface area contributed by atoms with Crippen molar-refractivity contribution in [1.29, 1.82) is 0 Å². The van der Waals surface area contributed by atoms with Gasteiger partial charge >= 0.3 is 12.1 Å². The molecule has 3 heterocycles. The number of hydrogen-bond acceptors (Lipinski definition) is 7. The van der Waals surface area contributed by atoms with Gasteiger partial charge in [0.15, 0.2) is 11.5 Å². The summed E-state index contributed by atoms with van der Waals surface area (Å²) in [5, 5.41) is 13.7. The molecule has 9 nitrogen and oxygen atoms in total. The van der Waals surface area contributed by atoms with Crippen LogP contribution >= 0.6 is 11.6 Å². The number of nitrogens with zero attached hydrogens (tertiary/aromatic N) is 7. The number of pyridine rings is 1. The number of methoxy groups -OCH3 is 1. The number of tetrazole rings is 1. The van der Waals surface area contributed by atoms with Crippen LogP contribution in [0.4, 0.5) is 13.2 Å². The van der Waals surface area contributed by atoms with Gasteiger partial charge in [0.1, 0.15) is 0 Å². The van der Waals surface area contributed by atoms with Gasteiger partial charge in [-0.3, -0.25) is 0 Å². The summed E-state index contributed by atoms with van der Waals surface area (Å²) >= 11 is 6.07. The SMILES string of the molecule is COC(=O)c1cc(C=Cn2nnc(C(F)(F)F)n2)nn1-c1ncccc1Cl. The van der Waals surface area contributed by atoms with Crippen LogP contribution in [0.5, 0.6) is 0 Å². The molecule has 0 aromatic carbocycles. The molecule has 0 bridgehead atoms. The van der Waals surface area contributed by atoms with Gasteiger partial charge in [-0.1, -0.05) is 11.6 Å². The predicted molar refractivity (Wildman–Crippen MR) is 85.8 cm³/mol. The Morgan fingerprint density at radius 3 is 2.74 bits per heavy atom.